The lowest BCUT2D eigenvalue weighted by Gasteiger charge is -2.61. The van der Waals surface area contributed by atoms with E-state index in [1.54, 1.807) is 13.3 Å². The Bertz CT molecular complexity index is 1020. The fourth-order valence-corrected chi connectivity index (χ4v) is 6.98. The van der Waals surface area contributed by atoms with Crippen molar-refractivity contribution in [1.82, 2.24) is 30.3 Å². The summed E-state index contributed by atoms with van der Waals surface area (Å²) in [7, 11) is 3.70. The summed E-state index contributed by atoms with van der Waals surface area (Å²) in [5.41, 5.74) is 2.83. The third kappa shape index (κ3) is 3.37. The SMILES string of the molecule is CN[C@H]1C(c2[nH]ncc2C#N)C(C)(N2CC3CC(C2)N3Cc2ccc(OC)nc2)[C@H](C)[C@H]1C. The molecule has 2 aromatic rings. The molecule has 7 atom stereocenters. The lowest BCUT2D eigenvalue weighted by molar-refractivity contribution is -0.118. The number of likely N-dealkylation sites (N-methyl/N-ethyl adjacent to an activating group) is 1. The van der Waals surface area contributed by atoms with Crippen LogP contribution in [0, 0.1) is 23.2 Å². The zero-order valence-electron chi connectivity index (χ0n) is 20.2. The van der Waals surface area contributed by atoms with Gasteiger partial charge in [0.1, 0.15) is 6.07 Å². The highest BCUT2D eigenvalue weighted by Crippen LogP contribution is 2.54. The number of ether oxygens (including phenoxy) is 1. The van der Waals surface area contributed by atoms with E-state index in [9.17, 15) is 5.26 Å². The number of aromatic amines is 1. The molecular formula is C25H35N7O. The Labute approximate surface area is 196 Å². The molecule has 8 nitrogen and oxygen atoms in total. The van der Waals surface area contributed by atoms with Crippen LogP contribution < -0.4 is 10.1 Å². The topological polar surface area (TPSA) is 93.1 Å². The number of pyridine rings is 1. The fourth-order valence-electron chi connectivity index (χ4n) is 6.98. The van der Waals surface area contributed by atoms with Gasteiger partial charge < -0.3 is 10.1 Å². The Balaban J connectivity index is 1.39. The van der Waals surface area contributed by atoms with Crippen molar-refractivity contribution in [1.29, 1.82) is 5.26 Å². The number of nitrogens with one attached hydrogen (secondary N) is 2. The molecule has 4 unspecified atom stereocenters. The summed E-state index contributed by atoms with van der Waals surface area (Å²) >= 11 is 0. The summed E-state index contributed by atoms with van der Waals surface area (Å²) in [5, 5.41) is 20.8. The second kappa shape index (κ2) is 8.39. The molecule has 8 heteroatoms. The molecule has 0 amide bonds. The summed E-state index contributed by atoms with van der Waals surface area (Å²) in [4.78, 5) is 9.74. The summed E-state index contributed by atoms with van der Waals surface area (Å²) in [5.74, 6) is 1.80. The Morgan fingerprint density at radius 2 is 2.03 bits per heavy atom. The number of hydrogen-bond acceptors (Lipinski definition) is 7. The normalized spacial score (nSPS) is 36.4. The fraction of sp³-hybridized carbons (Fsp3) is 0.640. The first kappa shape index (κ1) is 22.3. The largest absolute Gasteiger partial charge is 0.481 e. The number of nitriles is 1. The number of H-pyrrole nitrogens is 1. The Kier molecular flexibility index (Phi) is 5.68. The van der Waals surface area contributed by atoms with Crippen LogP contribution in [0.2, 0.25) is 0 Å². The molecule has 2 bridgehead atoms. The molecule has 2 aromatic heterocycles. The molecule has 4 fully saturated rings. The predicted molar refractivity (Wildman–Crippen MR) is 126 cm³/mol. The second-order valence-corrected chi connectivity index (χ2v) is 10.3. The van der Waals surface area contributed by atoms with E-state index < -0.39 is 0 Å². The van der Waals surface area contributed by atoms with Gasteiger partial charge in [0.25, 0.3) is 0 Å². The maximum absolute atomic E-state index is 9.73. The highest BCUT2D eigenvalue weighted by Gasteiger charge is 2.60. The van der Waals surface area contributed by atoms with Crippen molar-refractivity contribution in [2.24, 2.45) is 11.8 Å². The van der Waals surface area contributed by atoms with Gasteiger partial charge >= 0.3 is 0 Å². The summed E-state index contributed by atoms with van der Waals surface area (Å²) in [6.45, 7) is 10.2. The number of rotatable bonds is 6. The average Bonchev–Trinajstić information content (AvgIpc) is 3.39. The molecule has 0 radical (unpaired) electrons. The monoisotopic (exact) mass is 449 g/mol. The maximum Gasteiger partial charge on any atom is 0.212 e. The molecule has 176 valence electrons. The highest BCUT2D eigenvalue weighted by molar-refractivity contribution is 5.38. The van der Waals surface area contributed by atoms with E-state index in [0.717, 1.165) is 25.3 Å². The van der Waals surface area contributed by atoms with Crippen molar-refractivity contribution in [3.63, 3.8) is 0 Å². The van der Waals surface area contributed by atoms with Crippen LogP contribution in [0.25, 0.3) is 0 Å². The predicted octanol–water partition coefficient (Wildman–Crippen LogP) is 2.36. The van der Waals surface area contributed by atoms with Crippen LogP contribution in [0.3, 0.4) is 0 Å². The zero-order valence-corrected chi connectivity index (χ0v) is 20.2. The molecule has 4 aliphatic rings. The van der Waals surface area contributed by atoms with E-state index in [-0.39, 0.29) is 17.5 Å². The van der Waals surface area contributed by atoms with Gasteiger partial charge in [0.2, 0.25) is 5.88 Å². The lowest BCUT2D eigenvalue weighted by atomic mass is 9.74. The minimum atomic E-state index is -0.0596. The quantitative estimate of drug-likeness (QED) is 0.699. The van der Waals surface area contributed by atoms with Gasteiger partial charge in [-0.3, -0.25) is 14.9 Å². The number of hydrogen-bond donors (Lipinski definition) is 2. The first-order valence-corrected chi connectivity index (χ1v) is 12.0. The van der Waals surface area contributed by atoms with Crippen LogP contribution in [0.4, 0.5) is 0 Å². The number of nitrogens with zero attached hydrogens (tertiary/aromatic N) is 5. The first-order valence-electron chi connectivity index (χ1n) is 12.0. The van der Waals surface area contributed by atoms with Crippen LogP contribution in [-0.4, -0.2) is 75.9 Å². The number of piperidine rings is 1. The van der Waals surface area contributed by atoms with Gasteiger partial charge in [-0.25, -0.2) is 4.98 Å². The summed E-state index contributed by atoms with van der Waals surface area (Å²) < 4.78 is 5.20. The molecule has 1 aliphatic carbocycles. The van der Waals surface area contributed by atoms with Crippen molar-refractivity contribution in [3.8, 4) is 11.9 Å². The molecule has 2 N–H and O–H groups in total. The van der Waals surface area contributed by atoms with E-state index in [2.05, 4.69) is 63.2 Å². The average molecular weight is 450 g/mol. The van der Waals surface area contributed by atoms with E-state index >= 15 is 0 Å². The first-order chi connectivity index (χ1) is 15.9. The standard InChI is InChI=1S/C25H35N7O/c1-15-16(2)25(3,22(23(15)27-4)24-18(9-26)11-29-30-24)31-13-19-8-20(14-31)32(19)12-17-6-7-21(33-5)28-10-17/h6-7,10-11,15-16,19-20,22-23,27H,8,12-14H2,1-5H3,(H,29,30)/t15-,16-,19?,20?,22?,23-,25?/m1/s1. The smallest absolute Gasteiger partial charge is 0.212 e. The van der Waals surface area contributed by atoms with Crippen LogP contribution >= 0.6 is 0 Å². The summed E-state index contributed by atoms with van der Waals surface area (Å²) in [6.07, 6.45) is 4.87. The van der Waals surface area contributed by atoms with Gasteiger partial charge in [-0.1, -0.05) is 19.9 Å². The van der Waals surface area contributed by atoms with E-state index in [1.165, 1.54) is 12.0 Å². The van der Waals surface area contributed by atoms with Crippen molar-refractivity contribution < 1.29 is 4.74 Å². The Morgan fingerprint density at radius 1 is 1.27 bits per heavy atom. The molecular weight excluding hydrogens is 414 g/mol. The third-order valence-electron chi connectivity index (χ3n) is 9.10. The number of fused-ring (bicyclic) bond motifs is 2. The Hall–Kier alpha value is -2.47. The molecule has 3 aliphatic heterocycles. The minimum absolute atomic E-state index is 0.0596. The van der Waals surface area contributed by atoms with Gasteiger partial charge in [0.05, 0.1) is 24.6 Å². The van der Waals surface area contributed by atoms with Gasteiger partial charge in [-0.2, -0.15) is 10.4 Å². The lowest BCUT2D eigenvalue weighted by Crippen LogP contribution is -2.72. The minimum Gasteiger partial charge on any atom is -0.481 e. The Morgan fingerprint density at radius 3 is 2.64 bits per heavy atom. The molecule has 5 heterocycles. The number of piperazine rings is 1. The van der Waals surface area contributed by atoms with Crippen molar-refractivity contribution >= 4 is 0 Å². The van der Waals surface area contributed by atoms with Gasteiger partial charge in [-0.15, -0.1) is 0 Å². The van der Waals surface area contributed by atoms with Crippen molar-refractivity contribution in [3.05, 3.63) is 41.3 Å². The van der Waals surface area contributed by atoms with E-state index in [1.807, 2.05) is 19.3 Å². The maximum atomic E-state index is 9.73. The van der Waals surface area contributed by atoms with Crippen molar-refractivity contribution in [2.45, 2.75) is 63.3 Å². The second-order valence-electron chi connectivity index (χ2n) is 10.3. The molecule has 6 rings (SSSR count). The zero-order chi connectivity index (χ0) is 23.3. The van der Waals surface area contributed by atoms with E-state index in [0.29, 0.717) is 35.4 Å². The molecule has 1 saturated carbocycles. The van der Waals surface area contributed by atoms with Crippen LogP contribution in [0.1, 0.15) is 49.9 Å². The highest BCUT2D eigenvalue weighted by atomic mass is 16.5. The number of methoxy groups -OCH3 is 1. The van der Waals surface area contributed by atoms with Crippen LogP contribution in [-0.2, 0) is 6.54 Å². The van der Waals surface area contributed by atoms with Crippen LogP contribution in [0.5, 0.6) is 5.88 Å². The third-order valence-corrected chi connectivity index (χ3v) is 9.10. The molecule has 3 saturated heterocycles. The molecule has 0 spiro atoms. The van der Waals surface area contributed by atoms with Gasteiger partial charge in [0, 0.05) is 61.5 Å². The van der Waals surface area contributed by atoms with E-state index in [4.69, 9.17) is 4.74 Å². The summed E-state index contributed by atoms with van der Waals surface area (Å²) in [6, 6.07) is 7.82. The van der Waals surface area contributed by atoms with Crippen LogP contribution in [0.15, 0.2) is 24.5 Å². The van der Waals surface area contributed by atoms with Gasteiger partial charge in [0.15, 0.2) is 0 Å². The van der Waals surface area contributed by atoms with Crippen molar-refractivity contribution in [2.75, 3.05) is 27.2 Å². The number of aromatic nitrogens is 3. The molecule has 0 aromatic carbocycles. The van der Waals surface area contributed by atoms with Gasteiger partial charge in [-0.05, 0) is 37.8 Å². The molecule has 33 heavy (non-hydrogen) atoms.